The molecule has 0 aliphatic carbocycles. The number of rotatable bonds is 1. The average Bonchev–Trinajstić information content (AvgIpc) is 2.15. The summed E-state index contributed by atoms with van der Waals surface area (Å²) in [6.07, 6.45) is 0.673. The van der Waals surface area contributed by atoms with Crippen molar-refractivity contribution in [2.24, 2.45) is 0 Å². The quantitative estimate of drug-likeness (QED) is 0.708. The van der Waals surface area contributed by atoms with Crippen LogP contribution in [0.1, 0.15) is 12.5 Å². The molecule has 14 heavy (non-hydrogen) atoms. The van der Waals surface area contributed by atoms with Crippen molar-refractivity contribution in [3.8, 4) is 5.75 Å². The standard InChI is InChI=1S/C11H15NO2/c1-11(13)6-8-4-3-5-9(14-2)10(8)12-7-11/h3-5,12-13H,6-7H2,1-2H3. The van der Waals surface area contributed by atoms with Gasteiger partial charge in [0.05, 0.1) is 18.4 Å². The minimum Gasteiger partial charge on any atom is -0.495 e. The van der Waals surface area contributed by atoms with Gasteiger partial charge in [-0.3, -0.25) is 0 Å². The predicted octanol–water partition coefficient (Wildman–Crippen LogP) is 1.41. The van der Waals surface area contributed by atoms with Crippen LogP contribution in [0.3, 0.4) is 0 Å². The first-order chi connectivity index (χ1) is 6.62. The first-order valence-corrected chi connectivity index (χ1v) is 4.74. The lowest BCUT2D eigenvalue weighted by Gasteiger charge is -2.31. The Labute approximate surface area is 83.7 Å². The highest BCUT2D eigenvalue weighted by molar-refractivity contribution is 5.64. The van der Waals surface area contributed by atoms with Crippen LogP contribution in [-0.4, -0.2) is 24.4 Å². The van der Waals surface area contributed by atoms with E-state index in [-0.39, 0.29) is 0 Å². The highest BCUT2D eigenvalue weighted by Crippen LogP contribution is 2.34. The number of hydrogen-bond acceptors (Lipinski definition) is 3. The van der Waals surface area contributed by atoms with E-state index in [1.165, 1.54) is 0 Å². The maximum Gasteiger partial charge on any atom is 0.142 e. The molecule has 2 rings (SSSR count). The van der Waals surface area contributed by atoms with Crippen molar-refractivity contribution < 1.29 is 9.84 Å². The molecule has 0 bridgehead atoms. The van der Waals surface area contributed by atoms with E-state index in [9.17, 15) is 5.11 Å². The summed E-state index contributed by atoms with van der Waals surface area (Å²) in [6.45, 7) is 2.41. The molecule has 0 radical (unpaired) electrons. The van der Waals surface area contributed by atoms with E-state index in [1.54, 1.807) is 7.11 Å². The molecule has 1 atom stereocenters. The Morgan fingerprint density at radius 2 is 2.29 bits per heavy atom. The Hall–Kier alpha value is -1.22. The third-order valence-electron chi connectivity index (χ3n) is 2.55. The third kappa shape index (κ3) is 1.55. The maximum absolute atomic E-state index is 9.88. The van der Waals surface area contributed by atoms with Crippen LogP contribution in [0.4, 0.5) is 5.69 Å². The minimum atomic E-state index is -0.653. The zero-order chi connectivity index (χ0) is 10.2. The summed E-state index contributed by atoms with van der Waals surface area (Å²) in [5, 5.41) is 13.1. The molecule has 3 heteroatoms. The molecule has 1 unspecified atom stereocenters. The Morgan fingerprint density at radius 3 is 3.00 bits per heavy atom. The normalized spacial score (nSPS) is 25.1. The zero-order valence-electron chi connectivity index (χ0n) is 8.50. The van der Waals surface area contributed by atoms with Gasteiger partial charge in [0, 0.05) is 13.0 Å². The van der Waals surface area contributed by atoms with Gasteiger partial charge in [0.15, 0.2) is 0 Å². The number of fused-ring (bicyclic) bond motifs is 1. The van der Waals surface area contributed by atoms with Crippen molar-refractivity contribution in [3.63, 3.8) is 0 Å². The van der Waals surface area contributed by atoms with Gasteiger partial charge in [-0.25, -0.2) is 0 Å². The lowest BCUT2D eigenvalue weighted by molar-refractivity contribution is 0.0709. The van der Waals surface area contributed by atoms with Crippen LogP contribution < -0.4 is 10.1 Å². The number of hydrogen-bond donors (Lipinski definition) is 2. The second-order valence-electron chi connectivity index (χ2n) is 4.02. The monoisotopic (exact) mass is 193 g/mol. The number of β-amino-alcohol motifs (C(OH)–C–C–N with tert-alkyl or cyclic N) is 1. The molecule has 2 N–H and O–H groups in total. The minimum absolute atomic E-state index is 0.570. The van der Waals surface area contributed by atoms with Gasteiger partial charge in [0.2, 0.25) is 0 Å². The third-order valence-corrected chi connectivity index (χ3v) is 2.55. The summed E-state index contributed by atoms with van der Waals surface area (Å²) < 4.78 is 5.24. The van der Waals surface area contributed by atoms with Crippen molar-refractivity contribution in [2.45, 2.75) is 18.9 Å². The number of benzene rings is 1. The molecule has 0 aromatic heterocycles. The Balaban J connectivity index is 2.40. The van der Waals surface area contributed by atoms with Gasteiger partial charge in [0.25, 0.3) is 0 Å². The van der Waals surface area contributed by atoms with Crippen molar-refractivity contribution in [3.05, 3.63) is 23.8 Å². The molecule has 1 aliphatic heterocycles. The Morgan fingerprint density at radius 1 is 1.50 bits per heavy atom. The van der Waals surface area contributed by atoms with Gasteiger partial charge in [-0.15, -0.1) is 0 Å². The van der Waals surface area contributed by atoms with E-state index in [4.69, 9.17) is 4.74 Å². The van der Waals surface area contributed by atoms with E-state index in [0.29, 0.717) is 13.0 Å². The van der Waals surface area contributed by atoms with Crippen molar-refractivity contribution in [2.75, 3.05) is 19.0 Å². The van der Waals surface area contributed by atoms with Crippen molar-refractivity contribution in [1.29, 1.82) is 0 Å². The number of ether oxygens (including phenoxy) is 1. The molecule has 76 valence electrons. The Bertz CT molecular complexity index is 347. The van der Waals surface area contributed by atoms with Gasteiger partial charge in [-0.1, -0.05) is 12.1 Å². The summed E-state index contributed by atoms with van der Waals surface area (Å²) in [7, 11) is 1.66. The van der Waals surface area contributed by atoms with E-state index >= 15 is 0 Å². The molecule has 0 spiro atoms. The molecule has 1 aromatic carbocycles. The summed E-state index contributed by atoms with van der Waals surface area (Å²) in [6, 6.07) is 5.88. The molecule has 1 aromatic rings. The van der Waals surface area contributed by atoms with Crippen LogP contribution in [0.25, 0.3) is 0 Å². The van der Waals surface area contributed by atoms with Crippen LogP contribution >= 0.6 is 0 Å². The van der Waals surface area contributed by atoms with E-state index in [1.807, 2.05) is 25.1 Å². The fourth-order valence-corrected chi connectivity index (χ4v) is 1.85. The second-order valence-corrected chi connectivity index (χ2v) is 4.02. The maximum atomic E-state index is 9.88. The van der Waals surface area contributed by atoms with Crippen molar-refractivity contribution >= 4 is 5.69 Å². The SMILES string of the molecule is COc1cccc2c1NCC(C)(O)C2. The first-order valence-electron chi connectivity index (χ1n) is 4.74. The number of nitrogens with one attached hydrogen (secondary N) is 1. The molecule has 1 heterocycles. The van der Waals surface area contributed by atoms with Crippen LogP contribution in [0.5, 0.6) is 5.75 Å². The lowest BCUT2D eigenvalue weighted by atomic mass is 9.91. The van der Waals surface area contributed by atoms with Crippen LogP contribution in [0.2, 0.25) is 0 Å². The number of anilines is 1. The molecule has 1 aliphatic rings. The summed E-state index contributed by atoms with van der Waals surface area (Å²) >= 11 is 0. The predicted molar refractivity (Wildman–Crippen MR) is 55.8 cm³/mol. The second kappa shape index (κ2) is 3.17. The summed E-state index contributed by atoms with van der Waals surface area (Å²) in [5.74, 6) is 0.845. The molecule has 0 amide bonds. The molecule has 0 saturated carbocycles. The molecule has 3 nitrogen and oxygen atoms in total. The largest absolute Gasteiger partial charge is 0.495 e. The smallest absolute Gasteiger partial charge is 0.142 e. The summed E-state index contributed by atoms with van der Waals surface area (Å²) in [4.78, 5) is 0. The van der Waals surface area contributed by atoms with Crippen LogP contribution in [0, 0.1) is 0 Å². The van der Waals surface area contributed by atoms with E-state index < -0.39 is 5.60 Å². The fourth-order valence-electron chi connectivity index (χ4n) is 1.85. The average molecular weight is 193 g/mol. The lowest BCUT2D eigenvalue weighted by Crippen LogP contribution is -2.39. The van der Waals surface area contributed by atoms with Gasteiger partial charge in [-0.2, -0.15) is 0 Å². The number of para-hydroxylation sites is 1. The number of methoxy groups -OCH3 is 1. The van der Waals surface area contributed by atoms with Crippen LogP contribution in [0.15, 0.2) is 18.2 Å². The number of aliphatic hydroxyl groups is 1. The van der Waals surface area contributed by atoms with Gasteiger partial charge < -0.3 is 15.2 Å². The highest BCUT2D eigenvalue weighted by atomic mass is 16.5. The van der Waals surface area contributed by atoms with Gasteiger partial charge >= 0.3 is 0 Å². The zero-order valence-corrected chi connectivity index (χ0v) is 8.50. The first kappa shape index (κ1) is 9.34. The van der Waals surface area contributed by atoms with E-state index in [2.05, 4.69) is 5.32 Å². The topological polar surface area (TPSA) is 41.5 Å². The summed E-state index contributed by atoms with van der Waals surface area (Å²) in [5.41, 5.74) is 1.47. The molecular weight excluding hydrogens is 178 g/mol. The Kier molecular flexibility index (Phi) is 2.11. The van der Waals surface area contributed by atoms with Gasteiger partial charge in [0.1, 0.15) is 5.75 Å². The molecule has 0 saturated heterocycles. The van der Waals surface area contributed by atoms with E-state index in [0.717, 1.165) is 17.0 Å². The fraction of sp³-hybridized carbons (Fsp3) is 0.455. The van der Waals surface area contributed by atoms with Crippen LogP contribution in [-0.2, 0) is 6.42 Å². The molecular formula is C11H15NO2. The van der Waals surface area contributed by atoms with Gasteiger partial charge in [-0.05, 0) is 18.6 Å². The molecule has 0 fully saturated rings. The highest BCUT2D eigenvalue weighted by Gasteiger charge is 2.28. The van der Waals surface area contributed by atoms with Crippen molar-refractivity contribution in [1.82, 2.24) is 0 Å².